The van der Waals surface area contributed by atoms with Crippen LogP contribution in [0.4, 0.5) is 0 Å². The van der Waals surface area contributed by atoms with E-state index in [9.17, 15) is 0 Å². The van der Waals surface area contributed by atoms with E-state index in [1.807, 2.05) is 19.2 Å². The van der Waals surface area contributed by atoms with Crippen molar-refractivity contribution in [1.29, 1.82) is 0 Å². The smallest absolute Gasteiger partial charge is 0.130 e. The Morgan fingerprint density at radius 2 is 1.90 bits per heavy atom. The third kappa shape index (κ3) is 4.08. The molecule has 0 saturated heterocycles. The lowest BCUT2D eigenvalue weighted by molar-refractivity contribution is 0.477. The molecule has 2 aromatic rings. The van der Waals surface area contributed by atoms with Gasteiger partial charge in [0.25, 0.3) is 0 Å². The van der Waals surface area contributed by atoms with E-state index < -0.39 is 0 Å². The Morgan fingerprint density at radius 1 is 1.14 bits per heavy atom. The fraction of sp³-hybridized carbons (Fsp3) is 0.333. The zero-order chi connectivity index (χ0) is 15.4. The maximum atomic E-state index is 6.06. The summed E-state index contributed by atoms with van der Waals surface area (Å²) in [6, 6.07) is 12.5. The highest BCUT2D eigenvalue weighted by atomic mass is 79.9. The molecule has 0 fully saturated rings. The van der Waals surface area contributed by atoms with E-state index in [-0.39, 0.29) is 0 Å². The first-order chi connectivity index (χ1) is 10.0. The number of hydrogen-bond acceptors (Lipinski definition) is 2. The maximum Gasteiger partial charge on any atom is 0.130 e. The van der Waals surface area contributed by atoms with Gasteiger partial charge >= 0.3 is 0 Å². The maximum absolute atomic E-state index is 6.06. The van der Waals surface area contributed by atoms with Gasteiger partial charge < -0.3 is 10.1 Å². The summed E-state index contributed by atoms with van der Waals surface area (Å²) >= 11 is 3.60. The highest BCUT2D eigenvalue weighted by Crippen LogP contribution is 2.31. The van der Waals surface area contributed by atoms with Crippen LogP contribution in [-0.2, 0) is 6.54 Å². The molecule has 0 radical (unpaired) electrons. The molecule has 1 N–H and O–H groups in total. The van der Waals surface area contributed by atoms with Gasteiger partial charge in [0.2, 0.25) is 0 Å². The second-order valence-electron chi connectivity index (χ2n) is 5.57. The van der Waals surface area contributed by atoms with Crippen LogP contribution in [0, 0.1) is 6.92 Å². The minimum Gasteiger partial charge on any atom is -0.457 e. The Hall–Kier alpha value is -1.32. The number of ether oxygens (including phenoxy) is 1. The molecule has 0 atom stereocenters. The van der Waals surface area contributed by atoms with Gasteiger partial charge in [0.05, 0.1) is 0 Å². The fourth-order valence-corrected chi connectivity index (χ4v) is 2.64. The Bertz CT molecular complexity index is 623. The Kier molecular flexibility index (Phi) is 5.43. The fourth-order valence-electron chi connectivity index (χ4n) is 2.14. The van der Waals surface area contributed by atoms with Crippen LogP contribution < -0.4 is 10.1 Å². The van der Waals surface area contributed by atoms with E-state index in [0.717, 1.165) is 28.1 Å². The van der Waals surface area contributed by atoms with Gasteiger partial charge in [0.15, 0.2) is 0 Å². The van der Waals surface area contributed by atoms with Crippen LogP contribution in [0.2, 0.25) is 0 Å². The molecule has 21 heavy (non-hydrogen) atoms. The van der Waals surface area contributed by atoms with Crippen LogP contribution in [0.15, 0.2) is 40.9 Å². The summed E-state index contributed by atoms with van der Waals surface area (Å²) in [6.07, 6.45) is 0. The first-order valence-corrected chi connectivity index (χ1v) is 8.02. The first-order valence-electron chi connectivity index (χ1n) is 7.22. The molecule has 0 bridgehead atoms. The predicted octanol–water partition coefficient (Wildman–Crippen LogP) is 5.39. The van der Waals surface area contributed by atoms with Crippen LogP contribution in [0.1, 0.15) is 36.5 Å². The summed E-state index contributed by atoms with van der Waals surface area (Å²) in [4.78, 5) is 0. The Morgan fingerprint density at radius 3 is 2.52 bits per heavy atom. The van der Waals surface area contributed by atoms with Crippen LogP contribution in [0.3, 0.4) is 0 Å². The highest BCUT2D eigenvalue weighted by molar-refractivity contribution is 9.10. The summed E-state index contributed by atoms with van der Waals surface area (Å²) in [6.45, 7) is 7.29. The average molecular weight is 348 g/mol. The molecule has 3 heteroatoms. The molecule has 0 aliphatic rings. The third-order valence-corrected chi connectivity index (χ3v) is 4.24. The summed E-state index contributed by atoms with van der Waals surface area (Å²) in [5, 5.41) is 3.15. The predicted molar refractivity (Wildman–Crippen MR) is 92.2 cm³/mol. The van der Waals surface area contributed by atoms with Crippen LogP contribution >= 0.6 is 15.9 Å². The normalized spacial score (nSPS) is 11.0. The number of nitrogens with one attached hydrogen (secondary N) is 1. The van der Waals surface area contributed by atoms with E-state index in [1.54, 1.807) is 0 Å². The van der Waals surface area contributed by atoms with E-state index in [2.05, 4.69) is 66.3 Å². The topological polar surface area (TPSA) is 21.3 Å². The molecular formula is C18H22BrNO. The zero-order valence-corrected chi connectivity index (χ0v) is 14.6. The van der Waals surface area contributed by atoms with E-state index in [1.165, 1.54) is 11.1 Å². The molecule has 0 spiro atoms. The number of benzene rings is 2. The van der Waals surface area contributed by atoms with Crippen molar-refractivity contribution in [2.24, 2.45) is 0 Å². The van der Waals surface area contributed by atoms with Crippen molar-refractivity contribution < 1.29 is 4.74 Å². The lowest BCUT2D eigenvalue weighted by Crippen LogP contribution is -2.05. The van der Waals surface area contributed by atoms with Gasteiger partial charge in [-0.05, 0) is 54.8 Å². The SMILES string of the molecule is CNCc1ccc(Oc2cc(C(C)C)ccc2C)cc1Br. The number of hydrogen-bond donors (Lipinski definition) is 1. The van der Waals surface area contributed by atoms with Crippen molar-refractivity contribution in [1.82, 2.24) is 5.32 Å². The van der Waals surface area contributed by atoms with Gasteiger partial charge in [-0.3, -0.25) is 0 Å². The van der Waals surface area contributed by atoms with Crippen LogP contribution in [-0.4, -0.2) is 7.05 Å². The van der Waals surface area contributed by atoms with Crippen LogP contribution in [0.5, 0.6) is 11.5 Å². The van der Waals surface area contributed by atoms with Gasteiger partial charge in [0, 0.05) is 11.0 Å². The van der Waals surface area contributed by atoms with Crippen molar-refractivity contribution >= 4 is 15.9 Å². The van der Waals surface area contributed by atoms with Crippen molar-refractivity contribution in [2.45, 2.75) is 33.2 Å². The largest absolute Gasteiger partial charge is 0.457 e. The van der Waals surface area contributed by atoms with Gasteiger partial charge in [-0.15, -0.1) is 0 Å². The summed E-state index contributed by atoms with van der Waals surface area (Å²) in [5.74, 6) is 2.28. The minimum absolute atomic E-state index is 0.498. The second-order valence-corrected chi connectivity index (χ2v) is 6.42. The molecular weight excluding hydrogens is 326 g/mol. The molecule has 112 valence electrons. The van der Waals surface area contributed by atoms with Crippen molar-refractivity contribution in [2.75, 3.05) is 7.05 Å². The van der Waals surface area contributed by atoms with Crippen molar-refractivity contribution in [3.05, 3.63) is 57.6 Å². The summed E-state index contributed by atoms with van der Waals surface area (Å²) in [5.41, 5.74) is 3.66. The van der Waals surface area contributed by atoms with Gasteiger partial charge in [-0.1, -0.05) is 48.0 Å². The quantitative estimate of drug-likeness (QED) is 0.782. The molecule has 0 aliphatic carbocycles. The lowest BCUT2D eigenvalue weighted by atomic mass is 10.0. The molecule has 0 aliphatic heterocycles. The van der Waals surface area contributed by atoms with E-state index in [0.29, 0.717) is 5.92 Å². The minimum atomic E-state index is 0.498. The molecule has 2 nitrogen and oxygen atoms in total. The van der Waals surface area contributed by atoms with Gasteiger partial charge in [-0.25, -0.2) is 0 Å². The molecule has 2 aromatic carbocycles. The third-order valence-electron chi connectivity index (χ3n) is 3.50. The van der Waals surface area contributed by atoms with Gasteiger partial charge in [0.1, 0.15) is 11.5 Å². The highest BCUT2D eigenvalue weighted by Gasteiger charge is 2.07. The zero-order valence-electron chi connectivity index (χ0n) is 13.0. The van der Waals surface area contributed by atoms with Crippen molar-refractivity contribution in [3.63, 3.8) is 0 Å². The van der Waals surface area contributed by atoms with Crippen molar-refractivity contribution in [3.8, 4) is 11.5 Å². The molecule has 0 amide bonds. The molecule has 0 heterocycles. The molecule has 2 rings (SSSR count). The van der Waals surface area contributed by atoms with Crippen LogP contribution in [0.25, 0.3) is 0 Å². The molecule has 0 aromatic heterocycles. The summed E-state index contributed by atoms with van der Waals surface area (Å²) in [7, 11) is 1.94. The monoisotopic (exact) mass is 347 g/mol. The Balaban J connectivity index is 2.25. The van der Waals surface area contributed by atoms with Gasteiger partial charge in [-0.2, -0.15) is 0 Å². The Labute approximate surface area is 135 Å². The lowest BCUT2D eigenvalue weighted by Gasteiger charge is -2.13. The standard InChI is InChI=1S/C18H22BrNO/c1-12(2)14-6-5-13(3)18(9-14)21-16-8-7-15(11-20-4)17(19)10-16/h5-10,12,20H,11H2,1-4H3. The molecule has 0 saturated carbocycles. The molecule has 0 unspecified atom stereocenters. The summed E-state index contributed by atoms with van der Waals surface area (Å²) < 4.78 is 7.13. The van der Waals surface area contributed by atoms with E-state index >= 15 is 0 Å². The number of rotatable bonds is 5. The average Bonchev–Trinajstić information content (AvgIpc) is 2.44. The second kappa shape index (κ2) is 7.10. The van der Waals surface area contributed by atoms with E-state index in [4.69, 9.17) is 4.74 Å². The first kappa shape index (κ1) is 16.1. The number of halogens is 1. The number of aryl methyl sites for hydroxylation is 1.